The third kappa shape index (κ3) is 6.45. The van der Waals surface area contributed by atoms with Gasteiger partial charge in [0.15, 0.2) is 0 Å². The molecule has 2 rings (SSSR count). The van der Waals surface area contributed by atoms with Gasteiger partial charge in [-0.3, -0.25) is 9.10 Å². The number of nitrogens with zero attached hydrogens (tertiary/aromatic N) is 1. The lowest BCUT2D eigenvalue weighted by Gasteiger charge is -2.22. The molecular formula is C20H26N2O5S. The maximum absolute atomic E-state index is 12.1. The van der Waals surface area contributed by atoms with Gasteiger partial charge in [-0.25, -0.2) is 8.42 Å². The van der Waals surface area contributed by atoms with E-state index in [4.69, 9.17) is 9.47 Å². The maximum Gasteiger partial charge on any atom is 0.232 e. The molecule has 0 aliphatic rings. The first-order valence-electron chi connectivity index (χ1n) is 8.85. The Labute approximate surface area is 166 Å². The first kappa shape index (κ1) is 21.6. The van der Waals surface area contributed by atoms with Crippen molar-refractivity contribution in [3.8, 4) is 11.5 Å². The second-order valence-electron chi connectivity index (χ2n) is 6.26. The van der Waals surface area contributed by atoms with E-state index in [9.17, 15) is 13.2 Å². The zero-order valence-electron chi connectivity index (χ0n) is 16.3. The van der Waals surface area contributed by atoms with Gasteiger partial charge < -0.3 is 14.8 Å². The zero-order valence-corrected chi connectivity index (χ0v) is 17.2. The molecule has 0 aliphatic heterocycles. The van der Waals surface area contributed by atoms with Crippen molar-refractivity contribution in [2.24, 2.45) is 0 Å². The van der Waals surface area contributed by atoms with Gasteiger partial charge in [0.1, 0.15) is 11.5 Å². The van der Waals surface area contributed by atoms with Crippen molar-refractivity contribution in [2.75, 3.05) is 31.3 Å². The highest BCUT2D eigenvalue weighted by Crippen LogP contribution is 2.22. The van der Waals surface area contributed by atoms with Crippen LogP contribution < -0.4 is 19.1 Å². The van der Waals surface area contributed by atoms with E-state index in [1.807, 2.05) is 24.3 Å². The number of carbonyl (C=O) groups excluding carboxylic acids is 1. The summed E-state index contributed by atoms with van der Waals surface area (Å²) in [6, 6.07) is 14.2. The first-order valence-corrected chi connectivity index (χ1v) is 10.7. The maximum atomic E-state index is 12.1. The SMILES string of the molecule is COc1ccc(N(CCCC(=O)NCc2cccc(OC)c2)S(C)(=O)=O)cc1. The van der Waals surface area contributed by atoms with Crippen LogP contribution in [0.15, 0.2) is 48.5 Å². The van der Waals surface area contributed by atoms with Crippen molar-refractivity contribution in [1.82, 2.24) is 5.32 Å². The summed E-state index contributed by atoms with van der Waals surface area (Å²) < 4.78 is 35.8. The number of sulfonamides is 1. The van der Waals surface area contributed by atoms with E-state index in [1.165, 1.54) is 4.31 Å². The molecule has 28 heavy (non-hydrogen) atoms. The predicted octanol–water partition coefficient (Wildman–Crippen LogP) is 2.57. The molecule has 1 N–H and O–H groups in total. The van der Waals surface area contributed by atoms with Crippen LogP contribution in [0.5, 0.6) is 11.5 Å². The number of amides is 1. The van der Waals surface area contributed by atoms with E-state index >= 15 is 0 Å². The quantitative estimate of drug-likeness (QED) is 0.656. The highest BCUT2D eigenvalue weighted by Gasteiger charge is 2.17. The summed E-state index contributed by atoms with van der Waals surface area (Å²) in [5.74, 6) is 1.25. The number of methoxy groups -OCH3 is 2. The number of hydrogen-bond donors (Lipinski definition) is 1. The van der Waals surface area contributed by atoms with Gasteiger partial charge in [0.25, 0.3) is 0 Å². The Morgan fingerprint density at radius 3 is 2.32 bits per heavy atom. The Morgan fingerprint density at radius 2 is 1.71 bits per heavy atom. The van der Waals surface area contributed by atoms with Crippen molar-refractivity contribution in [1.29, 1.82) is 0 Å². The summed E-state index contributed by atoms with van der Waals surface area (Å²) in [6.07, 6.45) is 1.79. The highest BCUT2D eigenvalue weighted by atomic mass is 32.2. The van der Waals surface area contributed by atoms with Crippen molar-refractivity contribution in [3.05, 3.63) is 54.1 Å². The van der Waals surface area contributed by atoms with Gasteiger partial charge >= 0.3 is 0 Å². The second kappa shape index (κ2) is 9.98. The van der Waals surface area contributed by atoms with Gasteiger partial charge in [0.05, 0.1) is 26.2 Å². The number of rotatable bonds is 10. The van der Waals surface area contributed by atoms with Crippen LogP contribution in [0.25, 0.3) is 0 Å². The number of carbonyl (C=O) groups is 1. The minimum absolute atomic E-state index is 0.133. The Hall–Kier alpha value is -2.74. The van der Waals surface area contributed by atoms with E-state index in [1.54, 1.807) is 38.5 Å². The summed E-state index contributed by atoms with van der Waals surface area (Å²) in [5, 5.41) is 2.84. The lowest BCUT2D eigenvalue weighted by Crippen LogP contribution is -2.32. The van der Waals surface area contributed by atoms with Crippen molar-refractivity contribution < 1.29 is 22.7 Å². The van der Waals surface area contributed by atoms with Crippen LogP contribution in [0.1, 0.15) is 18.4 Å². The Kier molecular flexibility index (Phi) is 7.69. The van der Waals surface area contributed by atoms with Crippen molar-refractivity contribution in [3.63, 3.8) is 0 Å². The molecule has 0 unspecified atom stereocenters. The number of anilines is 1. The van der Waals surface area contributed by atoms with Crippen LogP contribution >= 0.6 is 0 Å². The summed E-state index contributed by atoms with van der Waals surface area (Å²) in [4.78, 5) is 12.1. The van der Waals surface area contributed by atoms with Gasteiger partial charge in [-0.05, 0) is 48.4 Å². The average Bonchev–Trinajstić information content (AvgIpc) is 2.69. The topological polar surface area (TPSA) is 84.9 Å². The average molecular weight is 407 g/mol. The zero-order chi connectivity index (χ0) is 20.6. The molecule has 0 heterocycles. The minimum atomic E-state index is -3.45. The Bertz CT molecular complexity index is 882. The lowest BCUT2D eigenvalue weighted by molar-refractivity contribution is -0.121. The van der Waals surface area contributed by atoms with Crippen LogP contribution in [0.4, 0.5) is 5.69 Å². The van der Waals surface area contributed by atoms with Crippen molar-refractivity contribution in [2.45, 2.75) is 19.4 Å². The van der Waals surface area contributed by atoms with Gasteiger partial charge in [-0.1, -0.05) is 12.1 Å². The van der Waals surface area contributed by atoms with Gasteiger partial charge in [0.2, 0.25) is 15.9 Å². The van der Waals surface area contributed by atoms with E-state index in [0.29, 0.717) is 24.4 Å². The van der Waals surface area contributed by atoms with Crippen LogP contribution in [0.3, 0.4) is 0 Å². The highest BCUT2D eigenvalue weighted by molar-refractivity contribution is 7.92. The smallest absolute Gasteiger partial charge is 0.232 e. The molecule has 2 aromatic carbocycles. The molecule has 1 amide bonds. The summed E-state index contributed by atoms with van der Waals surface area (Å²) in [6.45, 7) is 0.613. The molecule has 0 radical (unpaired) electrons. The van der Waals surface area contributed by atoms with E-state index < -0.39 is 10.0 Å². The van der Waals surface area contributed by atoms with Crippen molar-refractivity contribution >= 4 is 21.6 Å². The molecule has 0 aromatic heterocycles. The standard InChI is InChI=1S/C20H26N2O5S/c1-26-18-11-9-17(10-12-18)22(28(3,24)25)13-5-8-20(23)21-15-16-6-4-7-19(14-16)27-2/h4,6-7,9-12,14H,5,8,13,15H2,1-3H3,(H,21,23). The lowest BCUT2D eigenvalue weighted by atomic mass is 10.2. The Morgan fingerprint density at radius 1 is 1.04 bits per heavy atom. The fourth-order valence-corrected chi connectivity index (χ4v) is 3.65. The monoisotopic (exact) mass is 406 g/mol. The fourth-order valence-electron chi connectivity index (χ4n) is 2.69. The summed E-state index contributed by atoms with van der Waals surface area (Å²) >= 11 is 0. The van der Waals surface area contributed by atoms with E-state index in [2.05, 4.69) is 5.32 Å². The number of hydrogen-bond acceptors (Lipinski definition) is 5. The molecule has 2 aromatic rings. The molecule has 152 valence electrons. The van der Waals surface area contributed by atoms with E-state index in [0.717, 1.165) is 17.6 Å². The van der Waals surface area contributed by atoms with E-state index in [-0.39, 0.29) is 18.9 Å². The molecule has 0 spiro atoms. The molecule has 0 aliphatic carbocycles. The number of ether oxygens (including phenoxy) is 2. The number of benzene rings is 2. The molecule has 0 atom stereocenters. The Balaban J connectivity index is 1.88. The predicted molar refractivity (Wildman–Crippen MR) is 109 cm³/mol. The fraction of sp³-hybridized carbons (Fsp3) is 0.350. The van der Waals surface area contributed by atoms with Crippen LogP contribution in [0, 0.1) is 0 Å². The molecule has 0 fully saturated rings. The molecule has 0 saturated carbocycles. The first-order chi connectivity index (χ1) is 13.3. The molecule has 8 heteroatoms. The van der Waals surface area contributed by atoms with Crippen LogP contribution in [-0.4, -0.2) is 41.3 Å². The summed E-state index contributed by atoms with van der Waals surface area (Å²) in [5.41, 5.74) is 1.48. The van der Waals surface area contributed by atoms with Gasteiger partial charge in [-0.15, -0.1) is 0 Å². The van der Waals surface area contributed by atoms with Crippen LogP contribution in [-0.2, 0) is 21.4 Å². The molecule has 0 bridgehead atoms. The normalized spacial score (nSPS) is 11.0. The van der Waals surface area contributed by atoms with Crippen LogP contribution in [0.2, 0.25) is 0 Å². The van der Waals surface area contributed by atoms with Gasteiger partial charge in [-0.2, -0.15) is 0 Å². The van der Waals surface area contributed by atoms with Gasteiger partial charge in [0, 0.05) is 19.5 Å². The molecule has 0 saturated heterocycles. The largest absolute Gasteiger partial charge is 0.497 e. The molecule has 7 nitrogen and oxygen atoms in total. The minimum Gasteiger partial charge on any atom is -0.497 e. The molecular weight excluding hydrogens is 380 g/mol. The number of nitrogens with one attached hydrogen (secondary N) is 1. The third-order valence-corrected chi connectivity index (χ3v) is 5.34. The third-order valence-electron chi connectivity index (χ3n) is 4.15. The summed E-state index contributed by atoms with van der Waals surface area (Å²) in [7, 11) is -0.311. The second-order valence-corrected chi connectivity index (χ2v) is 8.17.